The number of benzene rings is 1. The lowest BCUT2D eigenvalue weighted by molar-refractivity contribution is -0.132. The number of methoxy groups -OCH3 is 1. The van der Waals surface area contributed by atoms with Crippen LogP contribution in [0.15, 0.2) is 47.1 Å². The predicted octanol–water partition coefficient (Wildman–Crippen LogP) is 3.82. The molecule has 8 nitrogen and oxygen atoms in total. The van der Waals surface area contributed by atoms with Gasteiger partial charge in [-0.05, 0) is 55.7 Å². The molecule has 3 aromatic rings. The molecule has 2 aromatic heterocycles. The number of nitrogens with zero attached hydrogens (tertiary/aromatic N) is 4. The van der Waals surface area contributed by atoms with Gasteiger partial charge in [-0.1, -0.05) is 11.2 Å². The van der Waals surface area contributed by atoms with Crippen molar-refractivity contribution in [3.05, 3.63) is 59.5 Å². The number of Topliss-reactive ketones (excluding diaryl/α,β-unsaturated/α-hetero) is 1. The van der Waals surface area contributed by atoms with Crippen molar-refractivity contribution in [1.29, 1.82) is 0 Å². The standard InChI is InChI=1S/C24H26N4O4/c1-16-15-18(6-8-21(16)31-2)20(29)7-9-22(30)28-13-10-17(11-14-28)23-26-24(32-27-23)19-5-3-4-12-25-19/h3-6,8,12,15,17H,7,9-11,13-14H2,1-2H3. The molecule has 8 heteroatoms. The maximum absolute atomic E-state index is 12.6. The summed E-state index contributed by atoms with van der Waals surface area (Å²) in [6, 6.07) is 10.9. The molecule has 32 heavy (non-hydrogen) atoms. The van der Waals surface area contributed by atoms with Gasteiger partial charge in [-0.2, -0.15) is 4.98 Å². The number of piperidine rings is 1. The highest BCUT2D eigenvalue weighted by Gasteiger charge is 2.27. The van der Waals surface area contributed by atoms with Crippen LogP contribution in [-0.2, 0) is 4.79 Å². The van der Waals surface area contributed by atoms with Crippen LogP contribution in [-0.4, -0.2) is 51.9 Å². The first-order chi connectivity index (χ1) is 15.5. The van der Waals surface area contributed by atoms with Crippen LogP contribution in [0.1, 0.15) is 53.3 Å². The fourth-order valence-corrected chi connectivity index (χ4v) is 3.96. The number of carbonyl (C=O) groups is 2. The van der Waals surface area contributed by atoms with Gasteiger partial charge in [-0.3, -0.25) is 14.6 Å². The molecular formula is C24H26N4O4. The Morgan fingerprint density at radius 2 is 1.97 bits per heavy atom. The smallest absolute Gasteiger partial charge is 0.276 e. The van der Waals surface area contributed by atoms with Gasteiger partial charge in [0.25, 0.3) is 5.89 Å². The van der Waals surface area contributed by atoms with Gasteiger partial charge < -0.3 is 14.2 Å². The van der Waals surface area contributed by atoms with E-state index in [9.17, 15) is 9.59 Å². The Morgan fingerprint density at radius 1 is 1.16 bits per heavy atom. The van der Waals surface area contributed by atoms with Crippen molar-refractivity contribution < 1.29 is 18.8 Å². The van der Waals surface area contributed by atoms with E-state index < -0.39 is 0 Å². The molecule has 1 fully saturated rings. The molecule has 1 aromatic carbocycles. The summed E-state index contributed by atoms with van der Waals surface area (Å²) in [7, 11) is 1.60. The number of pyridine rings is 1. The molecule has 0 aliphatic carbocycles. The van der Waals surface area contributed by atoms with Crippen LogP contribution in [0, 0.1) is 6.92 Å². The molecule has 0 radical (unpaired) electrons. The van der Waals surface area contributed by atoms with Crippen LogP contribution in [0.2, 0.25) is 0 Å². The lowest BCUT2D eigenvalue weighted by Gasteiger charge is -2.30. The molecule has 0 atom stereocenters. The van der Waals surface area contributed by atoms with Crippen molar-refractivity contribution in [2.75, 3.05) is 20.2 Å². The summed E-state index contributed by atoms with van der Waals surface area (Å²) in [5.74, 6) is 1.92. The second-order valence-corrected chi connectivity index (χ2v) is 7.94. The lowest BCUT2D eigenvalue weighted by Crippen LogP contribution is -2.38. The summed E-state index contributed by atoms with van der Waals surface area (Å²) in [6.45, 7) is 3.13. The van der Waals surface area contributed by atoms with E-state index >= 15 is 0 Å². The van der Waals surface area contributed by atoms with Gasteiger partial charge in [0.1, 0.15) is 11.4 Å². The highest BCUT2D eigenvalue weighted by molar-refractivity contribution is 5.98. The zero-order valence-corrected chi connectivity index (χ0v) is 18.3. The summed E-state index contributed by atoms with van der Waals surface area (Å²) in [6.07, 6.45) is 3.62. The van der Waals surface area contributed by atoms with E-state index in [1.807, 2.05) is 30.0 Å². The summed E-state index contributed by atoms with van der Waals surface area (Å²) in [5.41, 5.74) is 2.16. The minimum atomic E-state index is -0.0344. The zero-order valence-electron chi connectivity index (χ0n) is 18.3. The van der Waals surface area contributed by atoms with Crippen LogP contribution in [0.5, 0.6) is 5.75 Å². The van der Waals surface area contributed by atoms with Crippen LogP contribution < -0.4 is 4.74 Å². The van der Waals surface area contributed by atoms with Crippen molar-refractivity contribution in [2.24, 2.45) is 0 Å². The Hall–Kier alpha value is -3.55. The first kappa shape index (κ1) is 21.7. The summed E-state index contributed by atoms with van der Waals surface area (Å²) < 4.78 is 10.6. The van der Waals surface area contributed by atoms with E-state index in [2.05, 4.69) is 15.1 Å². The van der Waals surface area contributed by atoms with E-state index in [-0.39, 0.29) is 30.4 Å². The van der Waals surface area contributed by atoms with Gasteiger partial charge in [-0.15, -0.1) is 0 Å². The predicted molar refractivity (Wildman–Crippen MR) is 117 cm³/mol. The number of aryl methyl sites for hydroxylation is 1. The molecule has 0 saturated carbocycles. The number of ether oxygens (including phenoxy) is 1. The molecule has 4 rings (SSSR count). The van der Waals surface area contributed by atoms with Gasteiger partial charge in [0.05, 0.1) is 7.11 Å². The number of aromatic nitrogens is 3. The Labute approximate surface area is 186 Å². The van der Waals surface area contributed by atoms with Gasteiger partial charge in [0, 0.05) is 43.6 Å². The van der Waals surface area contributed by atoms with E-state index in [1.165, 1.54) is 0 Å². The van der Waals surface area contributed by atoms with Crippen molar-refractivity contribution in [2.45, 2.75) is 38.5 Å². The van der Waals surface area contributed by atoms with Crippen molar-refractivity contribution in [3.8, 4) is 17.3 Å². The second-order valence-electron chi connectivity index (χ2n) is 7.94. The monoisotopic (exact) mass is 434 g/mol. The molecule has 3 heterocycles. The third-order valence-corrected chi connectivity index (χ3v) is 5.82. The summed E-state index contributed by atoms with van der Waals surface area (Å²) >= 11 is 0. The minimum absolute atomic E-state index is 0.00400. The van der Waals surface area contributed by atoms with Crippen molar-refractivity contribution in [1.82, 2.24) is 20.0 Å². The second kappa shape index (κ2) is 9.72. The third-order valence-electron chi connectivity index (χ3n) is 5.82. The average Bonchev–Trinajstić information content (AvgIpc) is 3.33. The molecule has 0 bridgehead atoms. The summed E-state index contributed by atoms with van der Waals surface area (Å²) in [5, 5.41) is 4.12. The Morgan fingerprint density at radius 3 is 2.66 bits per heavy atom. The molecule has 166 valence electrons. The number of ketones is 1. The van der Waals surface area contributed by atoms with Crippen LogP contribution in [0.4, 0.5) is 0 Å². The van der Waals surface area contributed by atoms with Crippen molar-refractivity contribution in [3.63, 3.8) is 0 Å². The van der Waals surface area contributed by atoms with Crippen LogP contribution in [0.3, 0.4) is 0 Å². The number of carbonyl (C=O) groups excluding carboxylic acids is 2. The number of hydrogen-bond acceptors (Lipinski definition) is 7. The fraction of sp³-hybridized carbons (Fsp3) is 0.375. The molecule has 0 N–H and O–H groups in total. The quantitative estimate of drug-likeness (QED) is 0.521. The molecule has 1 aliphatic rings. The maximum atomic E-state index is 12.6. The van der Waals surface area contributed by atoms with Crippen LogP contribution in [0.25, 0.3) is 11.6 Å². The number of hydrogen-bond donors (Lipinski definition) is 0. The lowest BCUT2D eigenvalue weighted by atomic mass is 9.95. The normalized spacial score (nSPS) is 14.4. The zero-order chi connectivity index (χ0) is 22.5. The number of rotatable bonds is 7. The first-order valence-electron chi connectivity index (χ1n) is 10.8. The largest absolute Gasteiger partial charge is 0.496 e. The van der Waals surface area contributed by atoms with Crippen LogP contribution >= 0.6 is 0 Å². The number of likely N-dealkylation sites (tertiary alicyclic amines) is 1. The molecule has 1 aliphatic heterocycles. The molecular weight excluding hydrogens is 408 g/mol. The summed E-state index contributed by atoms with van der Waals surface area (Å²) in [4.78, 5) is 35.7. The average molecular weight is 434 g/mol. The molecule has 1 amide bonds. The topological polar surface area (TPSA) is 98.4 Å². The van der Waals surface area contributed by atoms with E-state index in [0.717, 1.165) is 24.2 Å². The minimum Gasteiger partial charge on any atom is -0.496 e. The molecule has 0 spiro atoms. The number of amides is 1. The van der Waals surface area contributed by atoms with Crippen molar-refractivity contribution >= 4 is 11.7 Å². The first-order valence-corrected chi connectivity index (χ1v) is 10.8. The SMILES string of the molecule is COc1ccc(C(=O)CCC(=O)N2CCC(c3noc(-c4ccccn4)n3)CC2)cc1C. The highest BCUT2D eigenvalue weighted by atomic mass is 16.5. The van der Waals surface area contributed by atoms with Gasteiger partial charge in [0.2, 0.25) is 5.91 Å². The maximum Gasteiger partial charge on any atom is 0.276 e. The fourth-order valence-electron chi connectivity index (χ4n) is 3.96. The molecule has 1 saturated heterocycles. The molecule has 0 unspecified atom stereocenters. The van der Waals surface area contributed by atoms with Gasteiger partial charge in [-0.25, -0.2) is 0 Å². The Kier molecular flexibility index (Phi) is 6.58. The van der Waals surface area contributed by atoms with Gasteiger partial charge in [0.15, 0.2) is 11.6 Å². The third kappa shape index (κ3) is 4.85. The highest BCUT2D eigenvalue weighted by Crippen LogP contribution is 2.28. The Bertz CT molecular complexity index is 1090. The Balaban J connectivity index is 1.27. The van der Waals surface area contributed by atoms with Gasteiger partial charge >= 0.3 is 0 Å². The van der Waals surface area contributed by atoms with E-state index in [1.54, 1.807) is 31.5 Å². The van der Waals surface area contributed by atoms with E-state index in [0.29, 0.717) is 36.1 Å². The van der Waals surface area contributed by atoms with E-state index in [4.69, 9.17) is 9.26 Å².